The monoisotopic (exact) mass is 497 g/mol. The van der Waals surface area contributed by atoms with E-state index in [-0.39, 0.29) is 30.1 Å². The van der Waals surface area contributed by atoms with Gasteiger partial charge in [-0.05, 0) is 70.7 Å². The van der Waals surface area contributed by atoms with E-state index in [1.807, 2.05) is 6.07 Å². The van der Waals surface area contributed by atoms with Crippen molar-refractivity contribution in [3.63, 3.8) is 0 Å². The molecule has 3 heterocycles. The fourth-order valence-corrected chi connectivity index (χ4v) is 6.65. The number of anilines is 1. The second-order valence-corrected chi connectivity index (χ2v) is 12.3. The largest absolute Gasteiger partial charge is 0.444 e. The minimum Gasteiger partial charge on any atom is -0.444 e. The van der Waals surface area contributed by atoms with Gasteiger partial charge >= 0.3 is 6.09 Å². The van der Waals surface area contributed by atoms with Crippen molar-refractivity contribution in [3.8, 4) is 6.07 Å². The Bertz CT molecular complexity index is 1080. The quantitative estimate of drug-likeness (QED) is 0.673. The van der Waals surface area contributed by atoms with E-state index < -0.39 is 23.8 Å². The molecule has 4 aliphatic rings. The normalized spacial score (nSPS) is 27.3. The molecule has 2 amide bonds. The standard InChI is InChI=1S/C27H36FN5O3/c1-26(2,3)36-25(35)33-21-8-6-18(10-21)23(33)24(34)30-19(12-29)9-17-5-7-20(11-22(17)28)32-15-27(16-32)13-31(4)14-27/h5,7,11,18-19,21,23H,6,8-10,13-16H2,1-4H3,(H,30,34)/t18?,19-,21?,23-/m0/s1. The number of ether oxygens (including phenoxy) is 1. The fourth-order valence-electron chi connectivity index (χ4n) is 6.65. The molecular weight excluding hydrogens is 461 g/mol. The number of likely N-dealkylation sites (tertiary alicyclic amines) is 2. The van der Waals surface area contributed by atoms with Gasteiger partial charge in [0.25, 0.3) is 0 Å². The highest BCUT2D eigenvalue weighted by atomic mass is 19.1. The van der Waals surface area contributed by atoms with Gasteiger partial charge < -0.3 is 19.9 Å². The Balaban J connectivity index is 1.21. The van der Waals surface area contributed by atoms with Gasteiger partial charge in [-0.3, -0.25) is 9.69 Å². The zero-order chi connectivity index (χ0) is 25.8. The number of hydrogen-bond acceptors (Lipinski definition) is 6. The first-order chi connectivity index (χ1) is 17.0. The van der Waals surface area contributed by atoms with Crippen LogP contribution in [0.3, 0.4) is 0 Å². The summed E-state index contributed by atoms with van der Waals surface area (Å²) in [6.07, 6.45) is 2.05. The molecule has 2 bridgehead atoms. The van der Waals surface area contributed by atoms with Gasteiger partial charge in [-0.1, -0.05) is 6.07 Å². The van der Waals surface area contributed by atoms with Crippen LogP contribution in [0.5, 0.6) is 0 Å². The van der Waals surface area contributed by atoms with Gasteiger partial charge in [-0.15, -0.1) is 0 Å². The van der Waals surface area contributed by atoms with Crippen molar-refractivity contribution >= 4 is 17.7 Å². The Kier molecular flexibility index (Phi) is 6.14. The summed E-state index contributed by atoms with van der Waals surface area (Å²) in [5, 5.41) is 12.5. The zero-order valence-electron chi connectivity index (χ0n) is 21.6. The van der Waals surface area contributed by atoms with Crippen LogP contribution < -0.4 is 10.2 Å². The second kappa shape index (κ2) is 8.91. The van der Waals surface area contributed by atoms with E-state index in [2.05, 4.69) is 28.2 Å². The first kappa shape index (κ1) is 24.8. The van der Waals surface area contributed by atoms with Crippen molar-refractivity contribution < 1.29 is 18.7 Å². The average Bonchev–Trinajstić information content (AvgIpc) is 3.36. The lowest BCUT2D eigenvalue weighted by molar-refractivity contribution is -0.128. The predicted octanol–water partition coefficient (Wildman–Crippen LogP) is 2.92. The summed E-state index contributed by atoms with van der Waals surface area (Å²) in [7, 11) is 2.11. The lowest BCUT2D eigenvalue weighted by Gasteiger charge is -2.60. The van der Waals surface area contributed by atoms with Crippen LogP contribution in [0.15, 0.2) is 18.2 Å². The maximum atomic E-state index is 15.0. The van der Waals surface area contributed by atoms with Crippen LogP contribution in [0.25, 0.3) is 0 Å². The molecule has 1 spiro atoms. The van der Waals surface area contributed by atoms with E-state index in [0.29, 0.717) is 11.0 Å². The Labute approximate surface area is 212 Å². The molecule has 1 aromatic rings. The molecule has 1 aliphatic carbocycles. The number of nitriles is 1. The summed E-state index contributed by atoms with van der Waals surface area (Å²) >= 11 is 0. The molecule has 194 valence electrons. The van der Waals surface area contributed by atoms with Crippen LogP contribution >= 0.6 is 0 Å². The highest BCUT2D eigenvalue weighted by molar-refractivity contribution is 5.87. The summed E-state index contributed by atoms with van der Waals surface area (Å²) in [5.74, 6) is -0.690. The van der Waals surface area contributed by atoms with Crippen molar-refractivity contribution in [1.29, 1.82) is 5.26 Å². The van der Waals surface area contributed by atoms with E-state index in [4.69, 9.17) is 4.74 Å². The minimum absolute atomic E-state index is 0.0212. The lowest BCUT2D eigenvalue weighted by Crippen LogP contribution is -2.71. The Morgan fingerprint density at radius 1 is 1.25 bits per heavy atom. The highest BCUT2D eigenvalue weighted by Crippen LogP contribution is 2.43. The Morgan fingerprint density at radius 3 is 2.58 bits per heavy atom. The summed E-state index contributed by atoms with van der Waals surface area (Å²) in [4.78, 5) is 32.1. The molecule has 3 saturated heterocycles. The summed E-state index contributed by atoms with van der Waals surface area (Å²) in [5.41, 5.74) is 0.932. The van der Waals surface area contributed by atoms with Crippen LogP contribution in [0.4, 0.5) is 14.9 Å². The van der Waals surface area contributed by atoms with Crippen molar-refractivity contribution in [2.24, 2.45) is 11.3 Å². The molecule has 8 nitrogen and oxygen atoms in total. The first-order valence-electron chi connectivity index (χ1n) is 12.9. The second-order valence-electron chi connectivity index (χ2n) is 12.3. The van der Waals surface area contributed by atoms with Crippen LogP contribution in [0.1, 0.15) is 45.6 Å². The fraction of sp³-hybridized carbons (Fsp3) is 0.667. The number of nitrogens with zero attached hydrogens (tertiary/aromatic N) is 4. The topological polar surface area (TPSA) is 88.9 Å². The zero-order valence-corrected chi connectivity index (χ0v) is 21.6. The van der Waals surface area contributed by atoms with Gasteiger partial charge in [0.05, 0.1) is 6.07 Å². The molecule has 0 radical (unpaired) electrons. The van der Waals surface area contributed by atoms with E-state index in [9.17, 15) is 19.2 Å². The molecule has 36 heavy (non-hydrogen) atoms. The van der Waals surface area contributed by atoms with Crippen LogP contribution in [0, 0.1) is 28.5 Å². The van der Waals surface area contributed by atoms with Crippen LogP contribution in [-0.4, -0.2) is 78.8 Å². The van der Waals surface area contributed by atoms with E-state index in [1.165, 1.54) is 6.07 Å². The number of rotatable bonds is 5. The molecule has 1 saturated carbocycles. The minimum atomic E-state index is -0.893. The average molecular weight is 498 g/mol. The maximum Gasteiger partial charge on any atom is 0.411 e. The number of carbonyl (C=O) groups excluding carboxylic acids is 2. The number of nitrogens with one attached hydrogen (secondary N) is 1. The maximum absolute atomic E-state index is 15.0. The van der Waals surface area contributed by atoms with E-state index in [1.54, 1.807) is 31.7 Å². The molecular formula is C27H36FN5O3. The molecule has 9 heteroatoms. The summed E-state index contributed by atoms with van der Waals surface area (Å²) < 4.78 is 20.5. The third-order valence-corrected chi connectivity index (χ3v) is 8.02. The Hall–Kier alpha value is -2.86. The molecule has 0 aromatic heterocycles. The molecule has 4 atom stereocenters. The van der Waals surface area contributed by atoms with Crippen molar-refractivity contribution in [2.45, 2.75) is 70.2 Å². The van der Waals surface area contributed by atoms with Crippen LogP contribution in [0.2, 0.25) is 0 Å². The number of halogens is 1. The van der Waals surface area contributed by atoms with E-state index in [0.717, 1.165) is 51.1 Å². The number of amides is 2. The third-order valence-electron chi connectivity index (χ3n) is 8.02. The lowest BCUT2D eigenvalue weighted by atomic mass is 9.73. The highest BCUT2D eigenvalue weighted by Gasteiger charge is 2.53. The van der Waals surface area contributed by atoms with Crippen LogP contribution in [-0.2, 0) is 16.0 Å². The predicted molar refractivity (Wildman–Crippen MR) is 133 cm³/mol. The van der Waals surface area contributed by atoms with Crippen molar-refractivity contribution in [1.82, 2.24) is 15.1 Å². The number of benzene rings is 1. The number of fused-ring (bicyclic) bond motifs is 2. The molecule has 1 aromatic carbocycles. The molecule has 2 unspecified atom stereocenters. The third kappa shape index (κ3) is 4.63. The van der Waals surface area contributed by atoms with Crippen molar-refractivity contribution in [2.75, 3.05) is 38.1 Å². The van der Waals surface area contributed by atoms with Gasteiger partial charge in [0.15, 0.2) is 0 Å². The summed E-state index contributed by atoms with van der Waals surface area (Å²) in [6, 6.07) is 5.66. The SMILES string of the molecule is CN1CC2(C1)CN(c1ccc(C[C@@H](C#N)NC(=O)[C@@H]3C4CCC(C4)N3C(=O)OC(C)(C)C)c(F)c1)C2. The van der Waals surface area contributed by atoms with Gasteiger partial charge in [0, 0.05) is 49.7 Å². The summed E-state index contributed by atoms with van der Waals surface area (Å²) in [6.45, 7) is 9.43. The molecule has 3 aliphatic heterocycles. The van der Waals surface area contributed by atoms with Gasteiger partial charge in [0.1, 0.15) is 23.5 Å². The molecule has 1 N–H and O–H groups in total. The Morgan fingerprint density at radius 2 is 1.97 bits per heavy atom. The van der Waals surface area contributed by atoms with Gasteiger partial charge in [-0.2, -0.15) is 5.26 Å². The van der Waals surface area contributed by atoms with E-state index >= 15 is 0 Å². The molecule has 4 fully saturated rings. The van der Waals surface area contributed by atoms with Gasteiger partial charge in [0.2, 0.25) is 5.91 Å². The van der Waals surface area contributed by atoms with Gasteiger partial charge in [-0.25, -0.2) is 9.18 Å². The number of hydrogen-bond donors (Lipinski definition) is 1. The molecule has 5 rings (SSSR count). The first-order valence-corrected chi connectivity index (χ1v) is 12.9. The number of carbonyl (C=O) groups is 2. The van der Waals surface area contributed by atoms with Crippen molar-refractivity contribution in [3.05, 3.63) is 29.6 Å². The number of piperidine rings is 1. The smallest absolute Gasteiger partial charge is 0.411 e.